The van der Waals surface area contributed by atoms with Crippen molar-refractivity contribution in [3.05, 3.63) is 0 Å². The lowest BCUT2D eigenvalue weighted by Gasteiger charge is -2.04. The number of ether oxygens (including phenoxy) is 2. The minimum Gasteiger partial charge on any atom is -0.355 e. The van der Waals surface area contributed by atoms with Gasteiger partial charge in [0.2, 0.25) is 0 Å². The van der Waals surface area contributed by atoms with Crippen molar-refractivity contribution in [1.29, 1.82) is 0 Å². The Bertz CT molecular complexity index is 63.9. The van der Waals surface area contributed by atoms with E-state index in [0.717, 1.165) is 12.8 Å². The molecule has 0 aromatic rings. The van der Waals surface area contributed by atoms with E-state index in [1.54, 1.807) is 0 Å². The lowest BCUT2D eigenvalue weighted by Crippen LogP contribution is -2.08. The zero-order valence-corrected chi connectivity index (χ0v) is 6.63. The largest absolute Gasteiger partial charge is 0.355 e. The molecule has 0 saturated carbocycles. The Labute approximate surface area is 62.0 Å². The highest BCUT2D eigenvalue weighted by Crippen LogP contribution is 1.90. The molecule has 1 unspecified atom stereocenters. The highest BCUT2D eigenvalue weighted by atomic mass is 16.7. The first-order valence-electron chi connectivity index (χ1n) is 3.62. The fraction of sp³-hybridized carbons (Fsp3) is 1.00. The molecule has 0 rings (SSSR count). The highest BCUT2D eigenvalue weighted by Gasteiger charge is 1.94. The summed E-state index contributed by atoms with van der Waals surface area (Å²) in [6, 6.07) is 0. The van der Waals surface area contributed by atoms with Crippen LogP contribution >= 0.6 is 0 Å². The van der Waals surface area contributed by atoms with E-state index in [4.69, 9.17) is 4.74 Å². The van der Waals surface area contributed by atoms with Gasteiger partial charge in [-0.2, -0.15) is 0 Å². The van der Waals surface area contributed by atoms with Crippen molar-refractivity contribution < 1.29 is 14.6 Å². The minimum absolute atomic E-state index is 0.130. The Balaban J connectivity index is 2.77. The SMILES string of the molecule is CCCCOCOC(C)[O]. The summed E-state index contributed by atoms with van der Waals surface area (Å²) in [7, 11) is 0. The van der Waals surface area contributed by atoms with Crippen LogP contribution in [0.15, 0.2) is 0 Å². The maximum Gasteiger partial charge on any atom is 0.191 e. The van der Waals surface area contributed by atoms with Gasteiger partial charge in [0, 0.05) is 6.61 Å². The average Bonchev–Trinajstić information content (AvgIpc) is 1.87. The summed E-state index contributed by atoms with van der Waals surface area (Å²) in [5.41, 5.74) is 0. The number of hydrogen-bond donors (Lipinski definition) is 0. The third kappa shape index (κ3) is 7.88. The lowest BCUT2D eigenvalue weighted by molar-refractivity contribution is -0.186. The van der Waals surface area contributed by atoms with Crippen molar-refractivity contribution in [2.24, 2.45) is 0 Å². The fourth-order valence-corrected chi connectivity index (χ4v) is 0.449. The molecule has 0 aromatic heterocycles. The van der Waals surface area contributed by atoms with Crippen LogP contribution in [0.1, 0.15) is 26.7 Å². The summed E-state index contributed by atoms with van der Waals surface area (Å²) >= 11 is 0. The van der Waals surface area contributed by atoms with Gasteiger partial charge in [0.1, 0.15) is 6.79 Å². The Morgan fingerprint density at radius 3 is 2.70 bits per heavy atom. The molecule has 10 heavy (non-hydrogen) atoms. The molecule has 0 bridgehead atoms. The molecule has 0 aromatic carbocycles. The van der Waals surface area contributed by atoms with Crippen molar-refractivity contribution in [2.75, 3.05) is 13.4 Å². The molecule has 0 spiro atoms. The van der Waals surface area contributed by atoms with Crippen LogP contribution in [0.4, 0.5) is 0 Å². The first-order chi connectivity index (χ1) is 4.77. The van der Waals surface area contributed by atoms with Crippen molar-refractivity contribution in [1.82, 2.24) is 0 Å². The maximum atomic E-state index is 10.3. The second kappa shape index (κ2) is 6.99. The smallest absolute Gasteiger partial charge is 0.191 e. The quantitative estimate of drug-likeness (QED) is 0.422. The Morgan fingerprint density at radius 2 is 2.20 bits per heavy atom. The van der Waals surface area contributed by atoms with Crippen LogP contribution in [0.5, 0.6) is 0 Å². The van der Waals surface area contributed by atoms with Gasteiger partial charge in [-0.15, -0.1) is 0 Å². The van der Waals surface area contributed by atoms with E-state index in [9.17, 15) is 5.11 Å². The molecule has 1 radical (unpaired) electrons. The highest BCUT2D eigenvalue weighted by molar-refractivity contribution is 4.28. The van der Waals surface area contributed by atoms with Crippen molar-refractivity contribution in [2.45, 2.75) is 33.0 Å². The molecule has 3 nitrogen and oxygen atoms in total. The molecule has 0 heterocycles. The van der Waals surface area contributed by atoms with E-state index in [-0.39, 0.29) is 6.79 Å². The number of hydrogen-bond acceptors (Lipinski definition) is 2. The molecule has 0 amide bonds. The predicted octanol–water partition coefficient (Wildman–Crippen LogP) is 1.55. The maximum absolute atomic E-state index is 10.3. The van der Waals surface area contributed by atoms with Gasteiger partial charge in [0.25, 0.3) is 0 Å². The van der Waals surface area contributed by atoms with Crippen LogP contribution < -0.4 is 0 Å². The Morgan fingerprint density at radius 1 is 1.50 bits per heavy atom. The molecule has 61 valence electrons. The summed E-state index contributed by atoms with van der Waals surface area (Å²) in [4.78, 5) is 0. The summed E-state index contributed by atoms with van der Waals surface area (Å²) in [6.45, 7) is 4.34. The fourth-order valence-electron chi connectivity index (χ4n) is 0.449. The molecule has 0 N–H and O–H groups in total. The second-order valence-corrected chi connectivity index (χ2v) is 2.11. The topological polar surface area (TPSA) is 38.4 Å². The van der Waals surface area contributed by atoms with Gasteiger partial charge in [-0.05, 0) is 13.3 Å². The van der Waals surface area contributed by atoms with E-state index >= 15 is 0 Å². The molecule has 0 aliphatic carbocycles. The molecule has 1 atom stereocenters. The van der Waals surface area contributed by atoms with E-state index in [1.807, 2.05) is 0 Å². The molecule has 3 heteroatoms. The zero-order chi connectivity index (χ0) is 7.82. The molecule has 0 aliphatic heterocycles. The van der Waals surface area contributed by atoms with Crippen LogP contribution in [-0.4, -0.2) is 19.7 Å². The molecular weight excluding hydrogens is 132 g/mol. The normalized spacial score (nSPS) is 13.5. The number of unbranched alkanes of at least 4 members (excludes halogenated alkanes) is 1. The van der Waals surface area contributed by atoms with Crippen LogP contribution in [0.3, 0.4) is 0 Å². The van der Waals surface area contributed by atoms with Gasteiger partial charge in [-0.3, -0.25) is 0 Å². The number of rotatable bonds is 6. The standard InChI is InChI=1S/C7H15O3/c1-3-4-5-9-6-10-7(2)8/h7H,3-6H2,1-2H3. The third-order valence-electron chi connectivity index (χ3n) is 1.03. The molecule has 0 fully saturated rings. The summed E-state index contributed by atoms with van der Waals surface area (Å²) < 4.78 is 9.57. The average molecular weight is 147 g/mol. The minimum atomic E-state index is -0.971. The Kier molecular flexibility index (Phi) is 6.91. The van der Waals surface area contributed by atoms with Crippen LogP contribution in [-0.2, 0) is 14.6 Å². The van der Waals surface area contributed by atoms with Crippen molar-refractivity contribution in [3.8, 4) is 0 Å². The first-order valence-corrected chi connectivity index (χ1v) is 3.62. The van der Waals surface area contributed by atoms with Gasteiger partial charge >= 0.3 is 0 Å². The van der Waals surface area contributed by atoms with Gasteiger partial charge in [0.15, 0.2) is 6.29 Å². The Hall–Kier alpha value is -0.120. The van der Waals surface area contributed by atoms with E-state index in [0.29, 0.717) is 6.61 Å². The third-order valence-corrected chi connectivity index (χ3v) is 1.03. The van der Waals surface area contributed by atoms with Gasteiger partial charge in [-0.25, -0.2) is 5.11 Å². The van der Waals surface area contributed by atoms with Crippen LogP contribution in [0, 0.1) is 0 Å². The summed E-state index contributed by atoms with van der Waals surface area (Å²) in [6.07, 6.45) is 1.16. The van der Waals surface area contributed by atoms with Gasteiger partial charge < -0.3 is 9.47 Å². The second-order valence-electron chi connectivity index (χ2n) is 2.11. The molecule has 0 aliphatic rings. The molecular formula is C7H15O3. The zero-order valence-electron chi connectivity index (χ0n) is 6.63. The van der Waals surface area contributed by atoms with Gasteiger partial charge in [0.05, 0.1) is 0 Å². The van der Waals surface area contributed by atoms with Crippen molar-refractivity contribution >= 4 is 0 Å². The first kappa shape index (κ1) is 9.88. The van der Waals surface area contributed by atoms with E-state index in [2.05, 4.69) is 11.7 Å². The van der Waals surface area contributed by atoms with E-state index < -0.39 is 6.29 Å². The predicted molar refractivity (Wildman–Crippen MR) is 37.0 cm³/mol. The molecule has 0 saturated heterocycles. The van der Waals surface area contributed by atoms with Crippen LogP contribution in [0.25, 0.3) is 0 Å². The lowest BCUT2D eigenvalue weighted by atomic mass is 10.4. The monoisotopic (exact) mass is 147 g/mol. The van der Waals surface area contributed by atoms with Crippen molar-refractivity contribution in [3.63, 3.8) is 0 Å². The summed E-state index contributed by atoms with van der Waals surface area (Å²) in [5.74, 6) is 0. The van der Waals surface area contributed by atoms with Crippen LogP contribution in [0.2, 0.25) is 0 Å². The van der Waals surface area contributed by atoms with Gasteiger partial charge in [-0.1, -0.05) is 13.3 Å². The van der Waals surface area contributed by atoms with E-state index in [1.165, 1.54) is 6.92 Å². The summed E-state index contributed by atoms with van der Waals surface area (Å²) in [5, 5.41) is 10.3.